The monoisotopic (exact) mass is 293 g/mol. The number of aliphatic carboxylic acids is 1. The molecule has 0 aliphatic carbocycles. The molecule has 21 heavy (non-hydrogen) atoms. The summed E-state index contributed by atoms with van der Waals surface area (Å²) in [6, 6.07) is 0. The van der Waals surface area contributed by atoms with Gasteiger partial charge in [-0.1, -0.05) is 13.8 Å². The fraction of sp³-hybridized carbons (Fsp3) is 0.667. The lowest BCUT2D eigenvalue weighted by Gasteiger charge is -2.38. The summed E-state index contributed by atoms with van der Waals surface area (Å²) in [6.45, 7) is 5.75. The number of carboxylic acids is 1. The van der Waals surface area contributed by atoms with Crippen molar-refractivity contribution in [1.29, 1.82) is 0 Å². The van der Waals surface area contributed by atoms with Crippen LogP contribution in [0.5, 0.6) is 0 Å². The van der Waals surface area contributed by atoms with Gasteiger partial charge in [-0.15, -0.1) is 0 Å². The SMILES string of the molecule is CCCn1ccnc(N2CCC(CC)(C(=O)O)CC2)c1=O. The summed E-state index contributed by atoms with van der Waals surface area (Å²) in [6.07, 6.45) is 5.98. The van der Waals surface area contributed by atoms with E-state index in [1.807, 2.05) is 18.7 Å². The summed E-state index contributed by atoms with van der Waals surface area (Å²) < 4.78 is 1.67. The van der Waals surface area contributed by atoms with Crippen molar-refractivity contribution in [2.75, 3.05) is 18.0 Å². The van der Waals surface area contributed by atoms with Gasteiger partial charge in [-0.3, -0.25) is 9.59 Å². The molecule has 2 heterocycles. The van der Waals surface area contributed by atoms with E-state index in [-0.39, 0.29) is 5.56 Å². The molecule has 0 saturated carbocycles. The number of rotatable bonds is 5. The molecule has 0 aromatic carbocycles. The molecule has 1 aromatic heterocycles. The van der Waals surface area contributed by atoms with Crippen molar-refractivity contribution in [3.05, 3.63) is 22.7 Å². The van der Waals surface area contributed by atoms with Crippen molar-refractivity contribution < 1.29 is 9.90 Å². The fourth-order valence-corrected chi connectivity index (χ4v) is 2.93. The van der Waals surface area contributed by atoms with Gasteiger partial charge in [-0.25, -0.2) is 4.98 Å². The zero-order valence-corrected chi connectivity index (χ0v) is 12.7. The average Bonchev–Trinajstić information content (AvgIpc) is 2.49. The summed E-state index contributed by atoms with van der Waals surface area (Å²) >= 11 is 0. The quantitative estimate of drug-likeness (QED) is 0.895. The first-order valence-corrected chi connectivity index (χ1v) is 7.58. The van der Waals surface area contributed by atoms with E-state index < -0.39 is 11.4 Å². The summed E-state index contributed by atoms with van der Waals surface area (Å²) in [5, 5.41) is 9.41. The number of aromatic nitrogens is 2. The standard InChI is InChI=1S/C15H23N3O3/c1-3-8-18-11-7-16-12(13(18)19)17-9-5-15(4-2,6-10-17)14(20)21/h7,11H,3-6,8-10H2,1-2H3,(H,20,21). The van der Waals surface area contributed by atoms with Crippen LogP contribution in [0, 0.1) is 5.41 Å². The molecule has 0 radical (unpaired) electrons. The van der Waals surface area contributed by atoms with Crippen LogP contribution >= 0.6 is 0 Å². The topological polar surface area (TPSA) is 75.4 Å². The Morgan fingerprint density at radius 1 is 1.38 bits per heavy atom. The van der Waals surface area contributed by atoms with Crippen molar-refractivity contribution in [3.63, 3.8) is 0 Å². The Labute approximate surface area is 124 Å². The number of carbonyl (C=O) groups is 1. The Morgan fingerprint density at radius 2 is 2.05 bits per heavy atom. The van der Waals surface area contributed by atoms with Crippen molar-refractivity contribution in [2.24, 2.45) is 5.41 Å². The first-order chi connectivity index (χ1) is 10.0. The second kappa shape index (κ2) is 6.28. The number of piperidine rings is 1. The lowest BCUT2D eigenvalue weighted by atomic mass is 9.76. The number of aryl methyl sites for hydroxylation is 1. The molecule has 1 saturated heterocycles. The third-order valence-corrected chi connectivity index (χ3v) is 4.51. The molecule has 0 amide bonds. The van der Waals surface area contributed by atoms with Crippen LogP contribution in [-0.2, 0) is 11.3 Å². The van der Waals surface area contributed by atoms with Gasteiger partial charge in [0.25, 0.3) is 5.56 Å². The molecule has 2 rings (SSSR count). The molecule has 0 atom stereocenters. The van der Waals surface area contributed by atoms with Crippen LogP contribution in [0.4, 0.5) is 5.82 Å². The molecule has 1 aromatic rings. The highest BCUT2D eigenvalue weighted by molar-refractivity contribution is 5.75. The molecular formula is C15H23N3O3. The van der Waals surface area contributed by atoms with E-state index in [2.05, 4.69) is 4.98 Å². The molecule has 6 heteroatoms. The van der Waals surface area contributed by atoms with E-state index >= 15 is 0 Å². The van der Waals surface area contributed by atoms with Crippen molar-refractivity contribution in [2.45, 2.75) is 46.1 Å². The molecule has 1 aliphatic rings. The third-order valence-electron chi connectivity index (χ3n) is 4.51. The first kappa shape index (κ1) is 15.5. The number of anilines is 1. The van der Waals surface area contributed by atoms with Gasteiger partial charge in [-0.2, -0.15) is 0 Å². The second-order valence-corrected chi connectivity index (χ2v) is 5.68. The Bertz CT molecular complexity index is 560. The maximum absolute atomic E-state index is 12.4. The summed E-state index contributed by atoms with van der Waals surface area (Å²) in [7, 11) is 0. The van der Waals surface area contributed by atoms with Crippen LogP contribution in [0.25, 0.3) is 0 Å². The van der Waals surface area contributed by atoms with Crippen LogP contribution in [0.15, 0.2) is 17.2 Å². The van der Waals surface area contributed by atoms with Gasteiger partial charge < -0.3 is 14.6 Å². The van der Waals surface area contributed by atoms with Crippen LogP contribution < -0.4 is 10.5 Å². The highest BCUT2D eigenvalue weighted by Crippen LogP contribution is 2.35. The Morgan fingerprint density at radius 3 is 2.57 bits per heavy atom. The fourth-order valence-electron chi connectivity index (χ4n) is 2.93. The molecule has 1 fully saturated rings. The van der Waals surface area contributed by atoms with Gasteiger partial charge in [0.2, 0.25) is 0 Å². The highest BCUT2D eigenvalue weighted by atomic mass is 16.4. The molecule has 0 bridgehead atoms. The van der Waals surface area contributed by atoms with E-state index in [0.717, 1.165) is 6.42 Å². The summed E-state index contributed by atoms with van der Waals surface area (Å²) in [4.78, 5) is 30.0. The minimum absolute atomic E-state index is 0.0846. The molecule has 0 unspecified atom stereocenters. The highest BCUT2D eigenvalue weighted by Gasteiger charge is 2.40. The van der Waals surface area contributed by atoms with E-state index in [0.29, 0.717) is 44.7 Å². The van der Waals surface area contributed by atoms with Crippen LogP contribution in [0.3, 0.4) is 0 Å². The lowest BCUT2D eigenvalue weighted by molar-refractivity contribution is -0.150. The van der Waals surface area contributed by atoms with E-state index in [1.165, 1.54) is 0 Å². The molecule has 116 valence electrons. The minimum atomic E-state index is -0.728. The summed E-state index contributed by atoms with van der Waals surface area (Å²) in [5.74, 6) is -0.282. The zero-order chi connectivity index (χ0) is 15.5. The van der Waals surface area contributed by atoms with Gasteiger partial charge in [-0.05, 0) is 25.7 Å². The van der Waals surface area contributed by atoms with Crippen molar-refractivity contribution in [3.8, 4) is 0 Å². The normalized spacial score (nSPS) is 17.7. The second-order valence-electron chi connectivity index (χ2n) is 5.68. The van der Waals surface area contributed by atoms with Gasteiger partial charge in [0, 0.05) is 32.0 Å². The lowest BCUT2D eigenvalue weighted by Crippen LogP contribution is -2.46. The van der Waals surface area contributed by atoms with Gasteiger partial charge in [0.1, 0.15) is 0 Å². The van der Waals surface area contributed by atoms with E-state index in [1.54, 1.807) is 17.0 Å². The maximum Gasteiger partial charge on any atom is 0.309 e. The molecular weight excluding hydrogens is 270 g/mol. The van der Waals surface area contributed by atoms with Crippen molar-refractivity contribution >= 4 is 11.8 Å². The predicted molar refractivity (Wildman–Crippen MR) is 80.6 cm³/mol. The van der Waals surface area contributed by atoms with Gasteiger partial charge in [0.05, 0.1) is 5.41 Å². The Balaban J connectivity index is 2.18. The Kier molecular flexibility index (Phi) is 4.65. The molecule has 0 spiro atoms. The van der Waals surface area contributed by atoms with E-state index in [9.17, 15) is 14.7 Å². The number of nitrogens with zero attached hydrogens (tertiary/aromatic N) is 3. The predicted octanol–water partition coefficient (Wildman–Crippen LogP) is 1.73. The van der Waals surface area contributed by atoms with Gasteiger partial charge in [0.15, 0.2) is 5.82 Å². The average molecular weight is 293 g/mol. The summed E-state index contributed by atoms with van der Waals surface area (Å²) in [5.41, 5.74) is -0.730. The van der Waals surface area contributed by atoms with E-state index in [4.69, 9.17) is 0 Å². The third kappa shape index (κ3) is 2.94. The van der Waals surface area contributed by atoms with Gasteiger partial charge >= 0.3 is 5.97 Å². The zero-order valence-electron chi connectivity index (χ0n) is 12.7. The Hall–Kier alpha value is -1.85. The number of hydrogen-bond donors (Lipinski definition) is 1. The first-order valence-electron chi connectivity index (χ1n) is 7.58. The minimum Gasteiger partial charge on any atom is -0.481 e. The smallest absolute Gasteiger partial charge is 0.309 e. The maximum atomic E-state index is 12.4. The molecule has 1 N–H and O–H groups in total. The van der Waals surface area contributed by atoms with Crippen LogP contribution in [0.1, 0.15) is 39.5 Å². The largest absolute Gasteiger partial charge is 0.481 e. The number of hydrogen-bond acceptors (Lipinski definition) is 4. The molecule has 1 aliphatic heterocycles. The van der Waals surface area contributed by atoms with Crippen molar-refractivity contribution in [1.82, 2.24) is 9.55 Å². The van der Waals surface area contributed by atoms with Crippen LogP contribution in [0.2, 0.25) is 0 Å². The number of carboxylic acid groups (broad SMARTS) is 1. The molecule has 6 nitrogen and oxygen atoms in total. The van der Waals surface area contributed by atoms with Crippen LogP contribution in [-0.4, -0.2) is 33.7 Å².